The Morgan fingerprint density at radius 1 is 0.765 bits per heavy atom. The molecule has 1 atom stereocenters. The monoisotopic (exact) mass is 468 g/mol. The Labute approximate surface area is 207 Å². The second-order valence-electron chi connectivity index (χ2n) is 10.7. The van der Waals surface area contributed by atoms with Crippen LogP contribution in [0.5, 0.6) is 0 Å². The molecule has 176 valence electrons. The number of rotatable bonds is 8. The summed E-state index contributed by atoms with van der Waals surface area (Å²) in [6.07, 6.45) is 1.99. The van der Waals surface area contributed by atoms with E-state index in [0.717, 1.165) is 18.3 Å². The quantitative estimate of drug-likeness (QED) is 0.374. The third kappa shape index (κ3) is 4.72. The van der Waals surface area contributed by atoms with E-state index < -0.39 is 15.2 Å². The smallest absolute Gasteiger partial charge is 0.400 e. The summed E-state index contributed by atoms with van der Waals surface area (Å²) in [6, 6.07) is 32.8. The first-order valence-corrected chi connectivity index (χ1v) is 14.9. The van der Waals surface area contributed by atoms with Crippen LogP contribution in [0.25, 0.3) is 0 Å². The van der Waals surface area contributed by atoms with Gasteiger partial charge >= 0.3 is 7.12 Å². The zero-order chi connectivity index (χ0) is 24.4. The van der Waals surface area contributed by atoms with Crippen LogP contribution in [0.2, 0.25) is 12.1 Å². The maximum absolute atomic E-state index is 6.53. The predicted octanol–water partition coefficient (Wildman–Crippen LogP) is 6.07. The van der Waals surface area contributed by atoms with E-state index in [0.29, 0.717) is 0 Å². The molecule has 1 heterocycles. The molecule has 0 aliphatic carbocycles. The normalized spacial score (nSPS) is 18.0. The van der Waals surface area contributed by atoms with E-state index in [-0.39, 0.29) is 16.7 Å². The zero-order valence-electron chi connectivity index (χ0n) is 21.3. The highest BCUT2D eigenvalue weighted by Crippen LogP contribution is 2.43. The minimum absolute atomic E-state index is 0.243. The van der Waals surface area contributed by atoms with Crippen LogP contribution in [-0.4, -0.2) is 26.4 Å². The molecule has 3 aromatic rings. The van der Waals surface area contributed by atoms with E-state index in [1.807, 2.05) is 0 Å². The van der Waals surface area contributed by atoms with Crippen molar-refractivity contribution in [2.75, 3.05) is 0 Å². The highest BCUT2D eigenvalue weighted by Gasteiger charge is 2.55. The number of allylic oxidation sites excluding steroid dienone is 1. The second-order valence-corrected chi connectivity index (χ2v) is 14.9. The lowest BCUT2D eigenvalue weighted by molar-refractivity contribution is 0.00578. The Kier molecular flexibility index (Phi) is 7.05. The Bertz CT molecular complexity index is 1040. The second kappa shape index (κ2) is 9.69. The highest BCUT2D eigenvalue weighted by atomic mass is 28.3. The third-order valence-corrected chi connectivity index (χ3v) is 13.1. The standard InChI is InChI=1S/C30H37BO2Si/c1-24(31-32-29(2,3)30(4,5)33-31)28(23-22-25-16-10-7-11-17-25)34(6,26-18-12-8-13-19-26)27-20-14-9-15-21-27/h7-21,28H,1,22-23H2,2-6H3/t28-/m0/s1. The van der Waals surface area contributed by atoms with Gasteiger partial charge in [0, 0.05) is 0 Å². The van der Waals surface area contributed by atoms with E-state index in [2.05, 4.69) is 132 Å². The van der Waals surface area contributed by atoms with Crippen LogP contribution in [0.15, 0.2) is 103 Å². The maximum atomic E-state index is 6.53. The van der Waals surface area contributed by atoms with Crippen LogP contribution >= 0.6 is 0 Å². The van der Waals surface area contributed by atoms with E-state index in [1.54, 1.807) is 0 Å². The molecule has 0 unspecified atom stereocenters. The molecule has 0 spiro atoms. The molecule has 0 bridgehead atoms. The van der Waals surface area contributed by atoms with Gasteiger partial charge in [-0.25, -0.2) is 0 Å². The van der Waals surface area contributed by atoms with Crippen molar-refractivity contribution in [3.8, 4) is 0 Å². The number of hydrogen-bond donors (Lipinski definition) is 0. The van der Waals surface area contributed by atoms with Crippen LogP contribution < -0.4 is 10.4 Å². The van der Waals surface area contributed by atoms with E-state index in [9.17, 15) is 0 Å². The summed E-state index contributed by atoms with van der Waals surface area (Å²) in [5.74, 6) is 0. The first-order valence-electron chi connectivity index (χ1n) is 12.3. The van der Waals surface area contributed by atoms with Crippen LogP contribution in [0.3, 0.4) is 0 Å². The molecule has 0 aromatic heterocycles. The van der Waals surface area contributed by atoms with Gasteiger partial charge in [0.15, 0.2) is 0 Å². The van der Waals surface area contributed by atoms with Gasteiger partial charge in [-0.2, -0.15) is 0 Å². The van der Waals surface area contributed by atoms with Gasteiger partial charge in [0.05, 0.1) is 11.2 Å². The van der Waals surface area contributed by atoms with E-state index >= 15 is 0 Å². The predicted molar refractivity (Wildman–Crippen MR) is 148 cm³/mol. The summed E-state index contributed by atoms with van der Waals surface area (Å²) in [5.41, 5.74) is 1.89. The van der Waals surface area contributed by atoms with Crippen LogP contribution in [0.1, 0.15) is 39.7 Å². The molecule has 1 aliphatic heterocycles. The Balaban J connectivity index is 1.79. The van der Waals surface area contributed by atoms with Crippen molar-refractivity contribution >= 4 is 25.6 Å². The Hall–Kier alpha value is -2.40. The average molecular weight is 469 g/mol. The zero-order valence-corrected chi connectivity index (χ0v) is 22.3. The number of aryl methyl sites for hydroxylation is 1. The summed E-state index contributed by atoms with van der Waals surface area (Å²) in [5, 5.41) is 2.83. The first-order chi connectivity index (χ1) is 16.1. The fraction of sp³-hybridized carbons (Fsp3) is 0.333. The molecular formula is C30H37BO2Si. The molecule has 3 aromatic carbocycles. The number of hydrogen-bond acceptors (Lipinski definition) is 2. The molecule has 1 aliphatic rings. The van der Waals surface area contributed by atoms with Gasteiger partial charge in [-0.1, -0.05) is 108 Å². The lowest BCUT2D eigenvalue weighted by atomic mass is 9.76. The lowest BCUT2D eigenvalue weighted by Crippen LogP contribution is -2.60. The van der Waals surface area contributed by atoms with Gasteiger partial charge in [-0.15, -0.1) is 6.58 Å². The minimum atomic E-state index is -2.27. The molecule has 4 heteroatoms. The summed E-state index contributed by atoms with van der Waals surface area (Å²) in [4.78, 5) is 0. The molecule has 4 rings (SSSR count). The average Bonchev–Trinajstić information content (AvgIpc) is 3.07. The topological polar surface area (TPSA) is 18.5 Å². The van der Waals surface area contributed by atoms with Gasteiger partial charge in [0.1, 0.15) is 8.07 Å². The van der Waals surface area contributed by atoms with Gasteiger partial charge in [0.2, 0.25) is 0 Å². The van der Waals surface area contributed by atoms with Crippen LogP contribution in [-0.2, 0) is 15.7 Å². The highest BCUT2D eigenvalue weighted by molar-refractivity contribution is 7.03. The van der Waals surface area contributed by atoms with Crippen LogP contribution in [0, 0.1) is 0 Å². The molecule has 0 N–H and O–H groups in total. The summed E-state index contributed by atoms with van der Waals surface area (Å²) < 4.78 is 13.1. The van der Waals surface area contributed by atoms with E-state index in [1.165, 1.54) is 15.9 Å². The van der Waals surface area contributed by atoms with Crippen molar-refractivity contribution in [2.24, 2.45) is 0 Å². The molecule has 1 fully saturated rings. The van der Waals surface area contributed by atoms with Crippen molar-refractivity contribution in [1.29, 1.82) is 0 Å². The van der Waals surface area contributed by atoms with Gasteiger partial charge in [-0.3, -0.25) is 0 Å². The molecular weight excluding hydrogens is 431 g/mol. The van der Waals surface area contributed by atoms with Crippen LogP contribution in [0.4, 0.5) is 0 Å². The molecule has 34 heavy (non-hydrogen) atoms. The van der Waals surface area contributed by atoms with Gasteiger partial charge in [0.25, 0.3) is 0 Å². The molecule has 0 saturated carbocycles. The molecule has 0 amide bonds. The minimum Gasteiger partial charge on any atom is -0.400 e. The SMILES string of the molecule is C=C(B1OC(C)(C)C(C)(C)O1)[C@H](CCc1ccccc1)[Si](C)(c1ccccc1)c1ccccc1. The van der Waals surface area contributed by atoms with Crippen molar-refractivity contribution in [3.05, 3.63) is 109 Å². The number of benzene rings is 3. The fourth-order valence-corrected chi connectivity index (χ4v) is 9.60. The largest absolute Gasteiger partial charge is 0.489 e. The Morgan fingerprint density at radius 3 is 1.62 bits per heavy atom. The summed E-state index contributed by atoms with van der Waals surface area (Å²) in [6.45, 7) is 15.6. The van der Waals surface area contributed by atoms with Gasteiger partial charge in [-0.05, 0) is 57.1 Å². The van der Waals surface area contributed by atoms with Crippen molar-refractivity contribution in [2.45, 2.75) is 63.8 Å². The Morgan fingerprint density at radius 2 is 1.18 bits per heavy atom. The lowest BCUT2D eigenvalue weighted by Gasteiger charge is -2.39. The van der Waals surface area contributed by atoms with Crippen molar-refractivity contribution < 1.29 is 9.31 Å². The van der Waals surface area contributed by atoms with Gasteiger partial charge < -0.3 is 9.31 Å². The fourth-order valence-electron chi connectivity index (χ4n) is 5.10. The van der Waals surface area contributed by atoms with E-state index in [4.69, 9.17) is 9.31 Å². The molecule has 2 nitrogen and oxygen atoms in total. The summed E-state index contributed by atoms with van der Waals surface area (Å²) in [7, 11) is -2.68. The molecule has 1 saturated heterocycles. The first kappa shape index (κ1) is 24.7. The molecule has 0 radical (unpaired) electrons. The summed E-state index contributed by atoms with van der Waals surface area (Å²) >= 11 is 0. The maximum Gasteiger partial charge on any atom is 0.489 e. The van der Waals surface area contributed by atoms with Crippen molar-refractivity contribution in [3.63, 3.8) is 0 Å². The third-order valence-electron chi connectivity index (χ3n) is 8.01. The van der Waals surface area contributed by atoms with Crippen molar-refractivity contribution in [1.82, 2.24) is 0 Å².